The summed E-state index contributed by atoms with van der Waals surface area (Å²) in [6.45, 7) is 1.96. The highest BCUT2D eigenvalue weighted by atomic mass is 16.5. The molecule has 2 aromatic rings. The smallest absolute Gasteiger partial charge is 0.337 e. The van der Waals surface area contributed by atoms with Crippen LogP contribution < -0.4 is 5.73 Å². The van der Waals surface area contributed by atoms with Crippen molar-refractivity contribution >= 4 is 5.97 Å². The first-order chi connectivity index (χ1) is 9.60. The van der Waals surface area contributed by atoms with E-state index in [9.17, 15) is 4.79 Å². The van der Waals surface area contributed by atoms with E-state index < -0.39 is 0 Å². The number of nitrogens with zero attached hydrogens (tertiary/aromatic N) is 1. The topological polar surface area (TPSA) is 65.2 Å². The Morgan fingerprint density at radius 3 is 2.55 bits per heavy atom. The molecular weight excluding hydrogens is 252 g/mol. The average Bonchev–Trinajstić information content (AvgIpc) is 2.46. The molecule has 0 saturated carbocycles. The molecule has 1 aromatic carbocycles. The number of hydrogen-bond acceptors (Lipinski definition) is 4. The standard InChI is InChI=1S/C16H18N2O2/c1-11(17)10-14-4-3-5-15(18-14)12-6-8-13(9-7-12)16(19)20-2/h3-9,11H,10,17H2,1-2H3. The number of rotatable bonds is 4. The third-order valence-corrected chi connectivity index (χ3v) is 2.94. The molecule has 0 bridgehead atoms. The first-order valence-electron chi connectivity index (χ1n) is 6.50. The molecule has 0 aliphatic heterocycles. The molecule has 1 atom stereocenters. The van der Waals surface area contributed by atoms with Gasteiger partial charge in [0.15, 0.2) is 0 Å². The molecule has 4 nitrogen and oxygen atoms in total. The second-order valence-corrected chi connectivity index (χ2v) is 4.76. The number of hydrogen-bond donors (Lipinski definition) is 1. The molecule has 0 aliphatic carbocycles. The Morgan fingerprint density at radius 1 is 1.25 bits per heavy atom. The van der Waals surface area contributed by atoms with Crippen LogP contribution in [-0.4, -0.2) is 24.1 Å². The van der Waals surface area contributed by atoms with Crippen LogP contribution in [0.2, 0.25) is 0 Å². The second-order valence-electron chi connectivity index (χ2n) is 4.76. The Balaban J connectivity index is 2.25. The van der Waals surface area contributed by atoms with Gasteiger partial charge in [-0.1, -0.05) is 18.2 Å². The fraction of sp³-hybridized carbons (Fsp3) is 0.250. The van der Waals surface area contributed by atoms with E-state index in [1.54, 1.807) is 12.1 Å². The molecule has 0 aliphatic rings. The monoisotopic (exact) mass is 270 g/mol. The number of aromatic nitrogens is 1. The lowest BCUT2D eigenvalue weighted by Gasteiger charge is -2.07. The van der Waals surface area contributed by atoms with Crippen molar-refractivity contribution in [2.24, 2.45) is 5.73 Å². The Morgan fingerprint density at radius 2 is 1.95 bits per heavy atom. The second kappa shape index (κ2) is 6.30. The van der Waals surface area contributed by atoms with Crippen molar-refractivity contribution in [3.8, 4) is 11.3 Å². The van der Waals surface area contributed by atoms with Crippen LogP contribution in [0.25, 0.3) is 11.3 Å². The molecule has 0 radical (unpaired) electrons. The molecule has 2 rings (SSSR count). The van der Waals surface area contributed by atoms with Gasteiger partial charge in [0.2, 0.25) is 0 Å². The van der Waals surface area contributed by atoms with E-state index in [0.29, 0.717) is 5.56 Å². The minimum absolute atomic E-state index is 0.0828. The number of carbonyl (C=O) groups excluding carboxylic acids is 1. The fourth-order valence-electron chi connectivity index (χ4n) is 1.98. The summed E-state index contributed by atoms with van der Waals surface area (Å²) >= 11 is 0. The van der Waals surface area contributed by atoms with Crippen LogP contribution in [0.1, 0.15) is 23.0 Å². The van der Waals surface area contributed by atoms with E-state index in [0.717, 1.165) is 23.4 Å². The van der Waals surface area contributed by atoms with E-state index in [2.05, 4.69) is 9.72 Å². The van der Waals surface area contributed by atoms with Gasteiger partial charge in [0.1, 0.15) is 0 Å². The quantitative estimate of drug-likeness (QED) is 0.866. The molecule has 4 heteroatoms. The Hall–Kier alpha value is -2.20. The number of ether oxygens (including phenoxy) is 1. The first-order valence-corrected chi connectivity index (χ1v) is 6.50. The van der Waals surface area contributed by atoms with Crippen LogP contribution in [0.3, 0.4) is 0 Å². The highest BCUT2D eigenvalue weighted by Gasteiger charge is 2.07. The van der Waals surface area contributed by atoms with E-state index in [4.69, 9.17) is 5.73 Å². The van der Waals surface area contributed by atoms with E-state index in [1.807, 2.05) is 37.3 Å². The molecule has 20 heavy (non-hydrogen) atoms. The van der Waals surface area contributed by atoms with E-state index >= 15 is 0 Å². The van der Waals surface area contributed by atoms with Gasteiger partial charge >= 0.3 is 5.97 Å². The molecule has 1 aromatic heterocycles. The molecule has 0 spiro atoms. The number of methoxy groups -OCH3 is 1. The summed E-state index contributed by atoms with van der Waals surface area (Å²) in [6.07, 6.45) is 0.744. The van der Waals surface area contributed by atoms with Gasteiger partial charge in [-0.25, -0.2) is 4.79 Å². The van der Waals surface area contributed by atoms with Gasteiger partial charge in [0.25, 0.3) is 0 Å². The van der Waals surface area contributed by atoms with Gasteiger partial charge in [0.05, 0.1) is 18.4 Å². The summed E-state index contributed by atoms with van der Waals surface area (Å²) in [6, 6.07) is 13.2. The third-order valence-electron chi connectivity index (χ3n) is 2.94. The maximum absolute atomic E-state index is 11.4. The number of nitrogens with two attached hydrogens (primary N) is 1. The van der Waals surface area contributed by atoms with Crippen molar-refractivity contribution in [3.63, 3.8) is 0 Å². The molecule has 0 saturated heterocycles. The average molecular weight is 270 g/mol. The maximum Gasteiger partial charge on any atom is 0.337 e. The fourth-order valence-corrected chi connectivity index (χ4v) is 1.98. The zero-order valence-electron chi connectivity index (χ0n) is 11.7. The maximum atomic E-state index is 11.4. The van der Waals surface area contributed by atoms with Gasteiger partial charge in [-0.05, 0) is 31.2 Å². The summed E-state index contributed by atoms with van der Waals surface area (Å²) in [7, 11) is 1.37. The van der Waals surface area contributed by atoms with Crippen LogP contribution in [0.15, 0.2) is 42.5 Å². The predicted octanol–water partition coefficient (Wildman–Crippen LogP) is 2.42. The van der Waals surface area contributed by atoms with Crippen LogP contribution in [0, 0.1) is 0 Å². The van der Waals surface area contributed by atoms with Crippen LogP contribution in [0.4, 0.5) is 0 Å². The number of benzene rings is 1. The van der Waals surface area contributed by atoms with Gasteiger partial charge in [-0.15, -0.1) is 0 Å². The Labute approximate surface area is 118 Å². The number of carbonyl (C=O) groups is 1. The minimum Gasteiger partial charge on any atom is -0.465 e. The van der Waals surface area contributed by atoms with Gasteiger partial charge in [-0.2, -0.15) is 0 Å². The molecule has 104 valence electrons. The Bertz CT molecular complexity index is 592. The summed E-state index contributed by atoms with van der Waals surface area (Å²) in [5.41, 5.74) is 9.12. The summed E-state index contributed by atoms with van der Waals surface area (Å²) in [5, 5.41) is 0. The van der Waals surface area contributed by atoms with Crippen molar-refractivity contribution in [1.29, 1.82) is 0 Å². The molecule has 0 fully saturated rings. The van der Waals surface area contributed by atoms with Gasteiger partial charge < -0.3 is 10.5 Å². The SMILES string of the molecule is COC(=O)c1ccc(-c2cccc(CC(C)N)n2)cc1. The normalized spacial score (nSPS) is 11.9. The van der Waals surface area contributed by atoms with Gasteiger partial charge in [-0.3, -0.25) is 4.98 Å². The largest absolute Gasteiger partial charge is 0.465 e. The number of pyridine rings is 1. The highest BCUT2D eigenvalue weighted by molar-refractivity contribution is 5.89. The van der Waals surface area contributed by atoms with Crippen molar-refractivity contribution in [3.05, 3.63) is 53.7 Å². The predicted molar refractivity (Wildman–Crippen MR) is 78.4 cm³/mol. The molecule has 2 N–H and O–H groups in total. The summed E-state index contributed by atoms with van der Waals surface area (Å²) in [4.78, 5) is 16.0. The summed E-state index contributed by atoms with van der Waals surface area (Å²) in [5.74, 6) is -0.338. The zero-order valence-corrected chi connectivity index (χ0v) is 11.7. The highest BCUT2D eigenvalue weighted by Crippen LogP contribution is 2.18. The van der Waals surface area contributed by atoms with Gasteiger partial charge in [0, 0.05) is 23.7 Å². The van der Waals surface area contributed by atoms with Crippen molar-refractivity contribution in [1.82, 2.24) is 4.98 Å². The van der Waals surface area contributed by atoms with Crippen molar-refractivity contribution in [2.75, 3.05) is 7.11 Å². The molecular formula is C16H18N2O2. The molecule has 0 amide bonds. The third kappa shape index (κ3) is 3.42. The van der Waals surface area contributed by atoms with Crippen molar-refractivity contribution < 1.29 is 9.53 Å². The minimum atomic E-state index is -0.338. The van der Waals surface area contributed by atoms with Crippen LogP contribution in [0.5, 0.6) is 0 Å². The number of esters is 1. The lowest BCUT2D eigenvalue weighted by atomic mass is 10.1. The molecule has 1 unspecified atom stereocenters. The van der Waals surface area contributed by atoms with Crippen LogP contribution >= 0.6 is 0 Å². The Kier molecular flexibility index (Phi) is 4.48. The van der Waals surface area contributed by atoms with Crippen LogP contribution in [-0.2, 0) is 11.2 Å². The van der Waals surface area contributed by atoms with E-state index in [-0.39, 0.29) is 12.0 Å². The van der Waals surface area contributed by atoms with Crippen molar-refractivity contribution in [2.45, 2.75) is 19.4 Å². The molecule has 1 heterocycles. The lowest BCUT2D eigenvalue weighted by Crippen LogP contribution is -2.18. The lowest BCUT2D eigenvalue weighted by molar-refractivity contribution is 0.0601. The first kappa shape index (κ1) is 14.2. The summed E-state index contributed by atoms with van der Waals surface area (Å²) < 4.78 is 4.68. The zero-order chi connectivity index (χ0) is 14.5. The van der Waals surface area contributed by atoms with E-state index in [1.165, 1.54) is 7.11 Å².